The smallest absolute Gasteiger partial charge is 0.124 e. The minimum absolute atomic E-state index is 0.0535. The number of hydrogen-bond donors (Lipinski definition) is 2. The van der Waals surface area contributed by atoms with Crippen molar-refractivity contribution in [2.45, 2.75) is 38.1 Å². The maximum Gasteiger partial charge on any atom is 0.124 e. The third-order valence-corrected chi connectivity index (χ3v) is 4.14. The number of H-pyrrole nitrogens is 1. The lowest BCUT2D eigenvalue weighted by atomic mass is 9.84. The van der Waals surface area contributed by atoms with Crippen molar-refractivity contribution < 1.29 is 0 Å². The first-order chi connectivity index (χ1) is 9.34. The monoisotopic (exact) mass is 255 g/mol. The molecule has 0 radical (unpaired) electrons. The molecule has 0 spiro atoms. The Bertz CT molecular complexity index is 512. The van der Waals surface area contributed by atoms with Crippen molar-refractivity contribution >= 4 is 0 Å². The molecule has 1 aromatic carbocycles. The SMILES string of the molecule is N[C@H](c1nc(-c2ccccc2)c[nH]1)C1CCCCC1. The quantitative estimate of drug-likeness (QED) is 0.879. The molecule has 0 bridgehead atoms. The molecule has 3 N–H and O–H groups in total. The Kier molecular flexibility index (Phi) is 3.65. The Morgan fingerprint density at radius 1 is 1.11 bits per heavy atom. The molecular formula is C16H21N3. The summed E-state index contributed by atoms with van der Waals surface area (Å²) in [6.07, 6.45) is 8.42. The molecule has 1 saturated carbocycles. The molecule has 1 heterocycles. The zero-order chi connectivity index (χ0) is 13.1. The fraction of sp³-hybridized carbons (Fsp3) is 0.438. The van der Waals surface area contributed by atoms with Gasteiger partial charge in [0.25, 0.3) is 0 Å². The largest absolute Gasteiger partial charge is 0.347 e. The summed E-state index contributed by atoms with van der Waals surface area (Å²) >= 11 is 0. The molecule has 3 heteroatoms. The van der Waals surface area contributed by atoms with Crippen LogP contribution in [0.25, 0.3) is 11.3 Å². The minimum atomic E-state index is 0.0535. The van der Waals surface area contributed by atoms with Crippen molar-refractivity contribution in [2.24, 2.45) is 11.7 Å². The van der Waals surface area contributed by atoms with E-state index < -0.39 is 0 Å². The highest BCUT2D eigenvalue weighted by molar-refractivity contribution is 5.58. The lowest BCUT2D eigenvalue weighted by Crippen LogP contribution is -2.24. The van der Waals surface area contributed by atoms with Crippen molar-refractivity contribution in [2.75, 3.05) is 0 Å². The summed E-state index contributed by atoms with van der Waals surface area (Å²) in [5, 5.41) is 0. The van der Waals surface area contributed by atoms with Gasteiger partial charge in [0.1, 0.15) is 5.82 Å². The Morgan fingerprint density at radius 2 is 1.84 bits per heavy atom. The summed E-state index contributed by atoms with van der Waals surface area (Å²) in [5.74, 6) is 1.52. The number of rotatable bonds is 3. The highest BCUT2D eigenvalue weighted by Crippen LogP contribution is 2.32. The summed E-state index contributed by atoms with van der Waals surface area (Å²) in [7, 11) is 0. The number of aromatic amines is 1. The molecule has 100 valence electrons. The van der Waals surface area contributed by atoms with E-state index in [0.717, 1.165) is 17.1 Å². The van der Waals surface area contributed by atoms with Gasteiger partial charge in [-0.2, -0.15) is 0 Å². The fourth-order valence-corrected chi connectivity index (χ4v) is 2.98. The van der Waals surface area contributed by atoms with Gasteiger partial charge in [-0.1, -0.05) is 49.6 Å². The van der Waals surface area contributed by atoms with Crippen molar-refractivity contribution in [1.82, 2.24) is 9.97 Å². The molecule has 1 aliphatic rings. The first kappa shape index (κ1) is 12.4. The Labute approximate surface area is 114 Å². The van der Waals surface area contributed by atoms with Crippen LogP contribution in [-0.4, -0.2) is 9.97 Å². The summed E-state index contributed by atoms with van der Waals surface area (Å²) in [4.78, 5) is 7.94. The highest BCUT2D eigenvalue weighted by Gasteiger charge is 2.24. The van der Waals surface area contributed by atoms with Crippen LogP contribution in [0.15, 0.2) is 36.5 Å². The second-order valence-electron chi connectivity index (χ2n) is 5.46. The third-order valence-electron chi connectivity index (χ3n) is 4.14. The lowest BCUT2D eigenvalue weighted by molar-refractivity contribution is 0.302. The number of aromatic nitrogens is 2. The van der Waals surface area contributed by atoms with Gasteiger partial charge in [0.2, 0.25) is 0 Å². The Hall–Kier alpha value is -1.61. The van der Waals surface area contributed by atoms with E-state index in [2.05, 4.69) is 22.1 Å². The number of nitrogens with one attached hydrogen (secondary N) is 1. The van der Waals surface area contributed by atoms with Gasteiger partial charge in [0, 0.05) is 11.8 Å². The van der Waals surface area contributed by atoms with E-state index in [1.807, 2.05) is 24.4 Å². The van der Waals surface area contributed by atoms with Crippen LogP contribution in [0.2, 0.25) is 0 Å². The summed E-state index contributed by atoms with van der Waals surface area (Å²) in [6, 6.07) is 10.3. The van der Waals surface area contributed by atoms with Crippen LogP contribution in [0.4, 0.5) is 0 Å². The molecule has 3 rings (SSSR count). The number of hydrogen-bond acceptors (Lipinski definition) is 2. The molecule has 2 aromatic rings. The highest BCUT2D eigenvalue weighted by atomic mass is 15.0. The predicted molar refractivity (Wildman–Crippen MR) is 77.5 cm³/mol. The van der Waals surface area contributed by atoms with E-state index in [9.17, 15) is 0 Å². The van der Waals surface area contributed by atoms with Crippen molar-refractivity contribution in [1.29, 1.82) is 0 Å². The summed E-state index contributed by atoms with van der Waals surface area (Å²) < 4.78 is 0. The first-order valence-corrected chi connectivity index (χ1v) is 7.21. The van der Waals surface area contributed by atoms with Crippen LogP contribution in [0, 0.1) is 5.92 Å². The predicted octanol–water partition coefficient (Wildman–Crippen LogP) is 3.66. The molecule has 0 unspecified atom stereocenters. The number of benzene rings is 1. The van der Waals surface area contributed by atoms with Gasteiger partial charge in [-0.15, -0.1) is 0 Å². The van der Waals surface area contributed by atoms with Gasteiger partial charge >= 0.3 is 0 Å². The van der Waals surface area contributed by atoms with Crippen LogP contribution in [0.3, 0.4) is 0 Å². The van der Waals surface area contributed by atoms with Crippen LogP contribution >= 0.6 is 0 Å². The van der Waals surface area contributed by atoms with Crippen LogP contribution in [0.1, 0.15) is 44.0 Å². The van der Waals surface area contributed by atoms with Gasteiger partial charge in [-0.3, -0.25) is 0 Å². The van der Waals surface area contributed by atoms with E-state index >= 15 is 0 Å². The van der Waals surface area contributed by atoms with Gasteiger partial charge in [0.15, 0.2) is 0 Å². The van der Waals surface area contributed by atoms with Crippen LogP contribution in [0.5, 0.6) is 0 Å². The van der Waals surface area contributed by atoms with Gasteiger partial charge in [0.05, 0.1) is 11.7 Å². The second-order valence-corrected chi connectivity index (χ2v) is 5.46. The van der Waals surface area contributed by atoms with E-state index in [-0.39, 0.29) is 6.04 Å². The number of nitrogens with zero attached hydrogens (tertiary/aromatic N) is 1. The van der Waals surface area contributed by atoms with E-state index in [1.54, 1.807) is 0 Å². The average Bonchev–Trinajstić information content (AvgIpc) is 2.98. The first-order valence-electron chi connectivity index (χ1n) is 7.21. The van der Waals surface area contributed by atoms with Crippen LogP contribution < -0.4 is 5.73 Å². The van der Waals surface area contributed by atoms with Crippen LogP contribution in [-0.2, 0) is 0 Å². The summed E-state index contributed by atoms with van der Waals surface area (Å²) in [5.41, 5.74) is 8.49. The Balaban J connectivity index is 1.77. The van der Waals surface area contributed by atoms with Gasteiger partial charge < -0.3 is 10.7 Å². The second kappa shape index (κ2) is 5.57. The Morgan fingerprint density at radius 3 is 2.58 bits per heavy atom. The lowest BCUT2D eigenvalue weighted by Gasteiger charge is -2.26. The molecule has 0 amide bonds. The van der Waals surface area contributed by atoms with Crippen molar-refractivity contribution in [3.63, 3.8) is 0 Å². The molecule has 0 aliphatic heterocycles. The fourth-order valence-electron chi connectivity index (χ4n) is 2.98. The summed E-state index contributed by atoms with van der Waals surface area (Å²) in [6.45, 7) is 0. The standard InChI is InChI=1S/C16H21N3/c17-15(13-9-5-2-6-10-13)16-18-11-14(19-16)12-7-3-1-4-8-12/h1,3-4,7-8,11,13,15H,2,5-6,9-10,17H2,(H,18,19)/t15-/m0/s1. The molecule has 1 fully saturated rings. The topological polar surface area (TPSA) is 54.7 Å². The molecule has 1 aromatic heterocycles. The van der Waals surface area contributed by atoms with E-state index in [1.165, 1.54) is 32.1 Å². The molecule has 19 heavy (non-hydrogen) atoms. The maximum absolute atomic E-state index is 6.37. The maximum atomic E-state index is 6.37. The van der Waals surface area contributed by atoms with Gasteiger partial charge in [-0.25, -0.2) is 4.98 Å². The van der Waals surface area contributed by atoms with E-state index in [4.69, 9.17) is 5.73 Å². The number of imidazole rings is 1. The van der Waals surface area contributed by atoms with E-state index in [0.29, 0.717) is 5.92 Å². The molecule has 3 nitrogen and oxygen atoms in total. The molecule has 1 atom stereocenters. The van der Waals surface area contributed by atoms with Crippen molar-refractivity contribution in [3.8, 4) is 11.3 Å². The molecule has 0 saturated heterocycles. The molecular weight excluding hydrogens is 234 g/mol. The molecule has 1 aliphatic carbocycles. The normalized spacial score (nSPS) is 18.4. The van der Waals surface area contributed by atoms with Crippen molar-refractivity contribution in [3.05, 3.63) is 42.4 Å². The van der Waals surface area contributed by atoms with Gasteiger partial charge in [-0.05, 0) is 18.8 Å². The zero-order valence-electron chi connectivity index (χ0n) is 11.2. The number of nitrogens with two attached hydrogens (primary N) is 1. The minimum Gasteiger partial charge on any atom is -0.347 e. The zero-order valence-corrected chi connectivity index (χ0v) is 11.2. The average molecular weight is 255 g/mol. The third kappa shape index (κ3) is 2.71.